The molecular formula is C69H85Cl3N8O6. The highest BCUT2D eigenvalue weighted by molar-refractivity contribution is 6.31. The summed E-state index contributed by atoms with van der Waals surface area (Å²) in [4.78, 5) is 63.8. The molecule has 6 aromatic rings. The van der Waals surface area contributed by atoms with E-state index >= 15 is 0 Å². The number of nitrogens with zero attached hydrogens (tertiary/aromatic N) is 8. The van der Waals surface area contributed by atoms with E-state index in [0.29, 0.717) is 76.6 Å². The number of aliphatic imine (C=N–C) groups is 2. The summed E-state index contributed by atoms with van der Waals surface area (Å²) in [6, 6.07) is 41.7. The standard InChI is InChI=1S/C36H45ClN4O2.C31H32Cl2N4O4.2CH4/c1-9-43-31-24-28(34(3,4)5)16-19-30(31)32-38-35(6,26-12-10-25(2)11-13-26)36(7,27-14-17-29(37)18-15-27)41(32)33(42)40-22-20-39(8)21-23-40;1-19(2)41-26-17-24(40-4)13-14-25(26)30-34-28(20-5-9-22(32)10-6-20)29(21-7-11-23(33)12-8-21)37(30)31(39)36-16-15-35(3)27(38)18-36;;/h10-19,24H,9,20-23H2,1-8H3;5-14,17,19,28-29H,15-16,18H2,1-4H3;2*1H4/t35-,36+;28-,29+;;/m00../s1. The van der Waals surface area contributed by atoms with Crippen LogP contribution in [0.1, 0.15) is 127 Å². The van der Waals surface area contributed by atoms with Crippen LogP contribution in [0.4, 0.5) is 9.59 Å². The molecule has 0 bridgehead atoms. The number of urea groups is 2. The highest BCUT2D eigenvalue weighted by Crippen LogP contribution is 2.54. The molecule has 0 radical (unpaired) electrons. The van der Waals surface area contributed by atoms with E-state index < -0.39 is 23.2 Å². The Morgan fingerprint density at radius 2 is 1.22 bits per heavy atom. The molecule has 0 N–H and O–H groups in total. The SMILES string of the molecule is C.C.CCOc1cc(C(C)(C)C)ccc1C1=N[C@@](C)(c2ccc(C)cc2)[C@@](C)(c2ccc(Cl)cc2)N1C(=O)N1CCN(C)CC1.COc1ccc(C2=N[C@@H](c3ccc(Cl)cc3)[C@@H](c3ccc(Cl)cc3)N2C(=O)N2CCN(C)C(=O)C2)c(OC(C)C)c1. The summed E-state index contributed by atoms with van der Waals surface area (Å²) in [5.41, 5.74) is 5.76. The van der Waals surface area contributed by atoms with Crippen molar-refractivity contribution >= 4 is 64.4 Å². The van der Waals surface area contributed by atoms with Gasteiger partial charge in [-0.25, -0.2) is 9.59 Å². The number of rotatable bonds is 11. The molecule has 4 aliphatic heterocycles. The van der Waals surface area contributed by atoms with Crippen molar-refractivity contribution < 1.29 is 28.6 Å². The number of piperazine rings is 2. The predicted molar refractivity (Wildman–Crippen MR) is 350 cm³/mol. The van der Waals surface area contributed by atoms with Gasteiger partial charge in [-0.2, -0.15) is 0 Å². The number of benzene rings is 6. The summed E-state index contributed by atoms with van der Waals surface area (Å²) in [5.74, 6) is 2.84. The van der Waals surface area contributed by atoms with Gasteiger partial charge in [0, 0.05) is 67.5 Å². The van der Waals surface area contributed by atoms with Crippen LogP contribution in [0.25, 0.3) is 0 Å². The Labute approximate surface area is 525 Å². The van der Waals surface area contributed by atoms with Gasteiger partial charge in [0.05, 0.1) is 37.0 Å². The van der Waals surface area contributed by atoms with Gasteiger partial charge >= 0.3 is 12.1 Å². The second kappa shape index (κ2) is 27.3. The van der Waals surface area contributed by atoms with Crippen LogP contribution in [0.15, 0.2) is 143 Å². The van der Waals surface area contributed by atoms with Gasteiger partial charge in [-0.1, -0.05) is 143 Å². The topological polar surface area (TPSA) is 123 Å². The van der Waals surface area contributed by atoms with Gasteiger partial charge in [-0.15, -0.1) is 0 Å². The summed E-state index contributed by atoms with van der Waals surface area (Å²) in [6.45, 7) is 23.1. The first kappa shape index (κ1) is 66.4. The molecule has 2 saturated heterocycles. The molecule has 458 valence electrons. The predicted octanol–water partition coefficient (Wildman–Crippen LogP) is 15.1. The molecule has 0 spiro atoms. The number of ether oxygens (including phenoxy) is 3. The number of halogens is 3. The third-order valence-electron chi connectivity index (χ3n) is 16.5. The van der Waals surface area contributed by atoms with Gasteiger partial charge in [0.2, 0.25) is 5.91 Å². The van der Waals surface area contributed by atoms with E-state index in [2.05, 4.69) is 96.0 Å². The minimum absolute atomic E-state index is 0. The van der Waals surface area contributed by atoms with Gasteiger partial charge in [0.1, 0.15) is 52.6 Å². The van der Waals surface area contributed by atoms with Crippen LogP contribution in [0.3, 0.4) is 0 Å². The molecule has 0 aromatic heterocycles. The monoisotopic (exact) mass is 1230 g/mol. The molecule has 14 nitrogen and oxygen atoms in total. The number of carbonyl (C=O) groups is 3. The Bertz CT molecular complexity index is 3420. The lowest BCUT2D eigenvalue weighted by atomic mass is 9.70. The fourth-order valence-electron chi connectivity index (χ4n) is 11.4. The minimum Gasteiger partial charge on any atom is -0.497 e. The van der Waals surface area contributed by atoms with Crippen molar-refractivity contribution in [2.45, 2.75) is 112 Å². The molecule has 4 aliphatic rings. The molecule has 86 heavy (non-hydrogen) atoms. The van der Waals surface area contributed by atoms with Gasteiger partial charge in [-0.3, -0.25) is 24.6 Å². The Balaban J connectivity index is 0.000000241. The van der Waals surface area contributed by atoms with Crippen molar-refractivity contribution in [2.75, 3.05) is 73.6 Å². The Morgan fingerprint density at radius 3 is 1.78 bits per heavy atom. The van der Waals surface area contributed by atoms with Crippen molar-refractivity contribution in [1.29, 1.82) is 0 Å². The number of hydrogen-bond donors (Lipinski definition) is 0. The molecule has 4 heterocycles. The van der Waals surface area contributed by atoms with Crippen molar-refractivity contribution in [3.05, 3.63) is 193 Å². The minimum atomic E-state index is -0.880. The quantitative estimate of drug-likeness (QED) is 0.127. The Kier molecular flexibility index (Phi) is 21.1. The normalized spacial score (nSPS) is 20.6. The molecule has 6 aromatic carbocycles. The van der Waals surface area contributed by atoms with E-state index in [1.165, 1.54) is 5.56 Å². The number of aryl methyl sites for hydroxylation is 1. The summed E-state index contributed by atoms with van der Waals surface area (Å²) < 4.78 is 18.0. The number of methoxy groups -OCH3 is 1. The van der Waals surface area contributed by atoms with Crippen LogP contribution in [0.5, 0.6) is 17.2 Å². The third kappa shape index (κ3) is 13.5. The molecule has 17 heteroatoms. The first-order valence-corrected chi connectivity index (χ1v) is 29.8. The van der Waals surface area contributed by atoms with E-state index in [1.54, 1.807) is 47.1 Å². The molecule has 0 saturated carbocycles. The maximum absolute atomic E-state index is 14.9. The lowest BCUT2D eigenvalue weighted by Gasteiger charge is -2.47. The Morgan fingerprint density at radius 1 is 0.674 bits per heavy atom. The van der Waals surface area contributed by atoms with Crippen LogP contribution in [-0.2, 0) is 21.3 Å². The van der Waals surface area contributed by atoms with Crippen molar-refractivity contribution in [3.63, 3.8) is 0 Å². The second-order valence-electron chi connectivity index (χ2n) is 23.6. The van der Waals surface area contributed by atoms with E-state index in [1.807, 2.05) is 103 Å². The Hall–Kier alpha value is -7.10. The van der Waals surface area contributed by atoms with Crippen LogP contribution in [-0.4, -0.2) is 139 Å². The van der Waals surface area contributed by atoms with Crippen LogP contribution >= 0.6 is 34.8 Å². The van der Waals surface area contributed by atoms with Gasteiger partial charge in [0.25, 0.3) is 0 Å². The van der Waals surface area contributed by atoms with Gasteiger partial charge in [0.15, 0.2) is 0 Å². The zero-order chi connectivity index (χ0) is 60.4. The molecule has 0 aliphatic carbocycles. The highest BCUT2D eigenvalue weighted by atomic mass is 35.5. The average molecular weight is 1230 g/mol. The molecular weight excluding hydrogens is 1140 g/mol. The van der Waals surface area contributed by atoms with Crippen molar-refractivity contribution in [1.82, 2.24) is 29.4 Å². The van der Waals surface area contributed by atoms with E-state index in [0.717, 1.165) is 52.2 Å². The number of likely N-dealkylation sites (N-methyl/N-ethyl adjacent to an activating group) is 2. The maximum Gasteiger partial charge on any atom is 0.326 e. The summed E-state index contributed by atoms with van der Waals surface area (Å²) in [7, 11) is 5.43. The number of hydrogen-bond acceptors (Lipinski definition) is 9. The molecule has 10 rings (SSSR count). The lowest BCUT2D eigenvalue weighted by Crippen LogP contribution is -2.60. The fraction of sp³-hybridized carbons (Fsp3) is 0.406. The molecule has 2 fully saturated rings. The van der Waals surface area contributed by atoms with Crippen molar-refractivity contribution in [3.8, 4) is 17.2 Å². The first-order chi connectivity index (χ1) is 39.9. The number of carbonyl (C=O) groups excluding carboxylic acids is 3. The zero-order valence-corrected chi connectivity index (χ0v) is 52.5. The summed E-state index contributed by atoms with van der Waals surface area (Å²) in [5, 5.41) is 1.84. The first-order valence-electron chi connectivity index (χ1n) is 28.7. The maximum atomic E-state index is 14.9. The summed E-state index contributed by atoms with van der Waals surface area (Å²) >= 11 is 18.9. The van der Waals surface area contributed by atoms with Gasteiger partial charge in [-0.05, 0) is 142 Å². The van der Waals surface area contributed by atoms with E-state index in [-0.39, 0.29) is 50.9 Å². The van der Waals surface area contributed by atoms with E-state index in [9.17, 15) is 14.4 Å². The van der Waals surface area contributed by atoms with Crippen LogP contribution < -0.4 is 14.2 Å². The lowest BCUT2D eigenvalue weighted by molar-refractivity contribution is -0.133. The molecule has 5 amide bonds. The van der Waals surface area contributed by atoms with Gasteiger partial charge < -0.3 is 33.8 Å². The fourth-order valence-corrected chi connectivity index (χ4v) is 11.7. The largest absolute Gasteiger partial charge is 0.497 e. The highest BCUT2D eigenvalue weighted by Gasteiger charge is 2.60. The average Bonchev–Trinajstić information content (AvgIpc) is 1.54. The molecule has 4 atom stereocenters. The second-order valence-corrected chi connectivity index (χ2v) is 24.9. The van der Waals surface area contributed by atoms with E-state index in [4.69, 9.17) is 59.0 Å². The van der Waals surface area contributed by atoms with Crippen molar-refractivity contribution in [2.24, 2.45) is 9.98 Å². The third-order valence-corrected chi connectivity index (χ3v) is 17.3. The smallest absolute Gasteiger partial charge is 0.326 e. The van der Waals surface area contributed by atoms with Crippen LogP contribution in [0, 0.1) is 6.92 Å². The number of amides is 5. The molecule has 0 unspecified atom stereocenters. The van der Waals surface area contributed by atoms with Crippen LogP contribution in [0.2, 0.25) is 15.1 Å². The zero-order valence-electron chi connectivity index (χ0n) is 50.3. The summed E-state index contributed by atoms with van der Waals surface area (Å²) in [6.07, 6.45) is -0.138. The number of amidine groups is 2.